The summed E-state index contributed by atoms with van der Waals surface area (Å²) < 4.78 is 5.18. The molecule has 1 aromatic heterocycles. The molecule has 2 heterocycles. The Bertz CT molecular complexity index is 713. The van der Waals surface area contributed by atoms with Gasteiger partial charge >= 0.3 is 0 Å². The quantitative estimate of drug-likeness (QED) is 0.908. The summed E-state index contributed by atoms with van der Waals surface area (Å²) in [5.74, 6) is 0.796. The van der Waals surface area contributed by atoms with Crippen LogP contribution in [0.5, 0.6) is 5.75 Å². The Morgan fingerprint density at radius 1 is 1.24 bits per heavy atom. The highest BCUT2D eigenvalue weighted by Crippen LogP contribution is 2.25. The van der Waals surface area contributed by atoms with Crippen molar-refractivity contribution in [2.75, 3.05) is 20.3 Å². The van der Waals surface area contributed by atoms with Crippen molar-refractivity contribution in [3.05, 3.63) is 48.3 Å². The summed E-state index contributed by atoms with van der Waals surface area (Å²) in [5, 5.41) is 9.26. The van der Waals surface area contributed by atoms with Crippen molar-refractivity contribution in [2.24, 2.45) is 0 Å². The fourth-order valence-corrected chi connectivity index (χ4v) is 3.38. The minimum Gasteiger partial charge on any atom is -0.497 e. The van der Waals surface area contributed by atoms with E-state index in [0.29, 0.717) is 12.0 Å². The first-order valence-corrected chi connectivity index (χ1v) is 8.74. The van der Waals surface area contributed by atoms with Gasteiger partial charge < -0.3 is 14.7 Å². The number of likely N-dealkylation sites (tertiary alicyclic amines) is 1. The van der Waals surface area contributed by atoms with Crippen molar-refractivity contribution < 1.29 is 14.6 Å². The van der Waals surface area contributed by atoms with Gasteiger partial charge in [0.1, 0.15) is 5.75 Å². The number of pyridine rings is 1. The molecule has 1 saturated heterocycles. The average Bonchev–Trinajstić information content (AvgIpc) is 2.68. The van der Waals surface area contributed by atoms with Gasteiger partial charge in [0.2, 0.25) is 0 Å². The summed E-state index contributed by atoms with van der Waals surface area (Å²) in [5.41, 5.74) is 2.50. The third-order valence-electron chi connectivity index (χ3n) is 4.76. The van der Waals surface area contributed by atoms with Gasteiger partial charge in [0.05, 0.1) is 12.7 Å². The SMILES string of the molecule is COc1ccc(-c2cncc(C(=O)N3CCCCC3CCO)c2)cc1. The van der Waals surface area contributed by atoms with E-state index in [0.717, 1.165) is 42.7 Å². The number of hydrogen-bond donors (Lipinski definition) is 1. The van der Waals surface area contributed by atoms with Crippen LogP contribution in [0, 0.1) is 0 Å². The monoisotopic (exact) mass is 340 g/mol. The molecule has 0 bridgehead atoms. The predicted octanol–water partition coefficient (Wildman–Crippen LogP) is 3.13. The Balaban J connectivity index is 1.83. The first kappa shape index (κ1) is 17.4. The Labute approximate surface area is 148 Å². The lowest BCUT2D eigenvalue weighted by atomic mass is 9.98. The number of rotatable bonds is 5. The molecular formula is C20H24N2O3. The molecule has 1 atom stereocenters. The summed E-state index contributed by atoms with van der Waals surface area (Å²) in [6.07, 6.45) is 7.10. The third-order valence-corrected chi connectivity index (χ3v) is 4.76. The first-order chi connectivity index (χ1) is 12.2. The number of benzene rings is 1. The van der Waals surface area contributed by atoms with Crippen molar-refractivity contribution in [3.63, 3.8) is 0 Å². The van der Waals surface area contributed by atoms with Gasteiger partial charge in [-0.3, -0.25) is 9.78 Å². The number of amides is 1. The van der Waals surface area contributed by atoms with Crippen molar-refractivity contribution >= 4 is 5.91 Å². The highest BCUT2D eigenvalue weighted by atomic mass is 16.5. The summed E-state index contributed by atoms with van der Waals surface area (Å²) in [7, 11) is 1.64. The molecule has 1 N–H and O–H groups in total. The topological polar surface area (TPSA) is 62.7 Å². The minimum atomic E-state index is 0.000937. The van der Waals surface area contributed by atoms with Crippen molar-refractivity contribution in [2.45, 2.75) is 31.7 Å². The molecule has 1 amide bonds. The number of methoxy groups -OCH3 is 1. The van der Waals surface area contributed by atoms with E-state index in [-0.39, 0.29) is 18.6 Å². The lowest BCUT2D eigenvalue weighted by molar-refractivity contribution is 0.0574. The van der Waals surface area contributed by atoms with Crippen LogP contribution >= 0.6 is 0 Å². The van der Waals surface area contributed by atoms with Gasteiger partial charge in [-0.1, -0.05) is 12.1 Å². The van der Waals surface area contributed by atoms with Gasteiger partial charge in [-0.2, -0.15) is 0 Å². The summed E-state index contributed by atoms with van der Waals surface area (Å²) in [4.78, 5) is 19.1. The van der Waals surface area contributed by atoms with E-state index in [2.05, 4.69) is 4.98 Å². The maximum absolute atomic E-state index is 13.0. The van der Waals surface area contributed by atoms with E-state index in [9.17, 15) is 9.90 Å². The Morgan fingerprint density at radius 3 is 2.76 bits per heavy atom. The van der Waals surface area contributed by atoms with E-state index in [1.165, 1.54) is 0 Å². The number of carbonyl (C=O) groups is 1. The van der Waals surface area contributed by atoms with Gasteiger partial charge in [-0.25, -0.2) is 0 Å². The molecule has 5 heteroatoms. The molecule has 3 rings (SSSR count). The van der Waals surface area contributed by atoms with Crippen LogP contribution in [-0.4, -0.2) is 47.2 Å². The Hall–Kier alpha value is -2.40. The Kier molecular flexibility index (Phi) is 5.66. The lowest BCUT2D eigenvalue weighted by Gasteiger charge is -2.35. The number of aliphatic hydroxyl groups excluding tert-OH is 1. The molecule has 0 aliphatic carbocycles. The second-order valence-electron chi connectivity index (χ2n) is 6.35. The van der Waals surface area contributed by atoms with E-state index >= 15 is 0 Å². The molecule has 1 aromatic carbocycles. The van der Waals surface area contributed by atoms with Crippen LogP contribution in [0.3, 0.4) is 0 Å². The number of piperidine rings is 1. The highest BCUT2D eigenvalue weighted by Gasteiger charge is 2.27. The van der Waals surface area contributed by atoms with Gasteiger partial charge in [-0.05, 0) is 49.4 Å². The second kappa shape index (κ2) is 8.12. The molecule has 0 spiro atoms. The van der Waals surface area contributed by atoms with Crippen LogP contribution in [-0.2, 0) is 0 Å². The zero-order chi connectivity index (χ0) is 17.6. The first-order valence-electron chi connectivity index (χ1n) is 8.74. The molecule has 1 aliphatic heterocycles. The number of aliphatic hydroxyl groups is 1. The van der Waals surface area contributed by atoms with Crippen LogP contribution in [0.2, 0.25) is 0 Å². The third kappa shape index (κ3) is 3.99. The molecule has 1 aliphatic rings. The van der Waals surface area contributed by atoms with Gasteiger partial charge in [-0.15, -0.1) is 0 Å². The molecule has 0 radical (unpaired) electrons. The molecule has 0 saturated carbocycles. The lowest BCUT2D eigenvalue weighted by Crippen LogP contribution is -2.44. The van der Waals surface area contributed by atoms with Crippen molar-refractivity contribution in [3.8, 4) is 16.9 Å². The fraction of sp³-hybridized carbons (Fsp3) is 0.400. The van der Waals surface area contributed by atoms with E-state index in [1.54, 1.807) is 19.5 Å². The van der Waals surface area contributed by atoms with Crippen LogP contribution in [0.4, 0.5) is 0 Å². The van der Waals surface area contributed by atoms with Crippen LogP contribution < -0.4 is 4.74 Å². The fourth-order valence-electron chi connectivity index (χ4n) is 3.38. The number of hydrogen-bond acceptors (Lipinski definition) is 4. The molecule has 5 nitrogen and oxygen atoms in total. The van der Waals surface area contributed by atoms with Crippen LogP contribution in [0.25, 0.3) is 11.1 Å². The van der Waals surface area contributed by atoms with Gasteiger partial charge in [0.15, 0.2) is 0 Å². The molecule has 2 aromatic rings. The molecule has 1 fully saturated rings. The van der Waals surface area contributed by atoms with Gasteiger partial charge in [0, 0.05) is 37.2 Å². The second-order valence-corrected chi connectivity index (χ2v) is 6.35. The van der Waals surface area contributed by atoms with Crippen molar-refractivity contribution in [1.29, 1.82) is 0 Å². The summed E-state index contributed by atoms with van der Waals surface area (Å²) >= 11 is 0. The van der Waals surface area contributed by atoms with Crippen molar-refractivity contribution in [1.82, 2.24) is 9.88 Å². The van der Waals surface area contributed by atoms with Crippen LogP contribution in [0.1, 0.15) is 36.0 Å². The van der Waals surface area contributed by atoms with E-state index in [4.69, 9.17) is 4.74 Å². The predicted molar refractivity (Wildman–Crippen MR) is 96.6 cm³/mol. The standard InChI is InChI=1S/C20H24N2O3/c1-25-19-7-5-15(6-8-19)16-12-17(14-21-13-16)20(24)22-10-3-2-4-18(22)9-11-23/h5-8,12-14,18,23H,2-4,9-11H2,1H3. The summed E-state index contributed by atoms with van der Waals surface area (Å²) in [6.45, 7) is 0.856. The maximum atomic E-state index is 13.0. The smallest absolute Gasteiger partial charge is 0.255 e. The number of carbonyl (C=O) groups excluding carboxylic acids is 1. The van der Waals surface area contributed by atoms with E-state index < -0.39 is 0 Å². The molecule has 25 heavy (non-hydrogen) atoms. The zero-order valence-corrected chi connectivity index (χ0v) is 14.5. The Morgan fingerprint density at radius 2 is 2.04 bits per heavy atom. The largest absolute Gasteiger partial charge is 0.497 e. The van der Waals surface area contributed by atoms with E-state index in [1.807, 2.05) is 35.2 Å². The molecule has 1 unspecified atom stereocenters. The summed E-state index contributed by atoms with van der Waals surface area (Å²) in [6, 6.07) is 9.72. The number of ether oxygens (including phenoxy) is 1. The maximum Gasteiger partial charge on any atom is 0.255 e. The zero-order valence-electron chi connectivity index (χ0n) is 14.5. The highest BCUT2D eigenvalue weighted by molar-refractivity contribution is 5.95. The van der Waals surface area contributed by atoms with Crippen LogP contribution in [0.15, 0.2) is 42.7 Å². The number of nitrogens with zero attached hydrogens (tertiary/aromatic N) is 2. The normalized spacial score (nSPS) is 17.4. The number of aromatic nitrogens is 1. The molecule has 132 valence electrons. The molecular weight excluding hydrogens is 316 g/mol. The minimum absolute atomic E-state index is 0.000937. The van der Waals surface area contributed by atoms with Gasteiger partial charge in [0.25, 0.3) is 5.91 Å². The average molecular weight is 340 g/mol.